The van der Waals surface area contributed by atoms with Crippen LogP contribution >= 0.6 is 0 Å². The van der Waals surface area contributed by atoms with E-state index in [2.05, 4.69) is 10.1 Å². The van der Waals surface area contributed by atoms with Crippen LogP contribution in [-0.4, -0.2) is 35.4 Å². The minimum absolute atomic E-state index is 0.0348. The normalized spacial score (nSPS) is 10.8. The Morgan fingerprint density at radius 1 is 1.00 bits per heavy atom. The Labute approximate surface area is 195 Å². The molecule has 0 aliphatic rings. The first-order valence-corrected chi connectivity index (χ1v) is 10.4. The Hall–Kier alpha value is -4.01. The zero-order valence-electron chi connectivity index (χ0n) is 18.9. The Balaban J connectivity index is 1.65. The van der Waals surface area contributed by atoms with E-state index in [0.717, 1.165) is 11.3 Å². The molecule has 0 unspecified atom stereocenters. The number of hydrogen-bond acceptors (Lipinski definition) is 5. The van der Waals surface area contributed by atoms with Gasteiger partial charge in [0.1, 0.15) is 5.75 Å². The van der Waals surface area contributed by atoms with Gasteiger partial charge in [0, 0.05) is 36.1 Å². The molecule has 1 aromatic heterocycles. The van der Waals surface area contributed by atoms with E-state index in [9.17, 15) is 23.2 Å². The second-order valence-electron chi connectivity index (χ2n) is 7.60. The predicted octanol–water partition coefficient (Wildman–Crippen LogP) is 4.37. The number of benzene rings is 2. The summed E-state index contributed by atoms with van der Waals surface area (Å²) < 4.78 is 36.1. The minimum atomic E-state index is -2.91. The molecule has 2 aromatic carbocycles. The Morgan fingerprint density at radius 3 is 2.24 bits per heavy atom. The number of carbonyl (C=O) groups excluding carboxylic acids is 3. The van der Waals surface area contributed by atoms with Crippen LogP contribution in [0.1, 0.15) is 44.6 Å². The van der Waals surface area contributed by atoms with Crippen molar-refractivity contribution in [3.63, 3.8) is 0 Å². The van der Waals surface area contributed by atoms with Crippen molar-refractivity contribution < 1.29 is 32.6 Å². The van der Waals surface area contributed by atoms with Crippen LogP contribution in [0.5, 0.6) is 5.75 Å². The quantitative estimate of drug-likeness (QED) is 0.371. The number of rotatable bonds is 9. The van der Waals surface area contributed by atoms with Crippen molar-refractivity contribution in [1.29, 1.82) is 0 Å². The van der Waals surface area contributed by atoms with Gasteiger partial charge in [0.2, 0.25) is 11.7 Å². The van der Waals surface area contributed by atoms with Crippen LogP contribution in [0.25, 0.3) is 5.69 Å². The number of Topliss-reactive ketones (excluding diaryl/α,β-unsaturated/α-hetero) is 1. The number of halogens is 2. The maximum atomic E-state index is 12.7. The number of alkyl halides is 2. The van der Waals surface area contributed by atoms with Crippen LogP contribution in [-0.2, 0) is 16.1 Å². The zero-order chi connectivity index (χ0) is 24.8. The summed E-state index contributed by atoms with van der Waals surface area (Å²) in [5.74, 6) is -1.12. The number of ether oxygens (including phenoxy) is 2. The molecule has 0 aliphatic heterocycles. The Bertz CT molecular complexity index is 1190. The fourth-order valence-corrected chi connectivity index (χ4v) is 3.50. The summed E-state index contributed by atoms with van der Waals surface area (Å²) in [6.45, 7) is 1.98. The van der Waals surface area contributed by atoms with Gasteiger partial charge >= 0.3 is 12.6 Å². The molecule has 3 aromatic rings. The molecule has 1 N–H and O–H groups in total. The highest BCUT2D eigenvalue weighted by atomic mass is 19.3. The summed E-state index contributed by atoms with van der Waals surface area (Å²) in [7, 11) is 0. The number of aromatic nitrogens is 1. The van der Waals surface area contributed by atoms with E-state index in [1.54, 1.807) is 54.0 Å². The molecule has 0 radical (unpaired) electrons. The average Bonchev–Trinajstić information content (AvgIpc) is 3.10. The first-order valence-electron chi connectivity index (χ1n) is 10.4. The van der Waals surface area contributed by atoms with Crippen molar-refractivity contribution in [3.05, 3.63) is 82.7 Å². The lowest BCUT2D eigenvalue weighted by atomic mass is 10.1. The molecule has 178 valence electrons. The fourth-order valence-electron chi connectivity index (χ4n) is 3.50. The van der Waals surface area contributed by atoms with Gasteiger partial charge in [0.05, 0.1) is 5.56 Å². The van der Waals surface area contributed by atoms with Crippen molar-refractivity contribution in [3.8, 4) is 11.4 Å². The van der Waals surface area contributed by atoms with Gasteiger partial charge in [0.15, 0.2) is 6.61 Å². The first kappa shape index (κ1) is 24.6. The maximum absolute atomic E-state index is 12.7. The number of aryl methyl sites for hydroxylation is 1. The molecule has 0 saturated carbocycles. The molecule has 3 rings (SSSR count). The van der Waals surface area contributed by atoms with Gasteiger partial charge in [-0.2, -0.15) is 8.78 Å². The highest BCUT2D eigenvalue weighted by Gasteiger charge is 2.19. The van der Waals surface area contributed by atoms with E-state index in [1.165, 1.54) is 19.1 Å². The molecule has 0 atom stereocenters. The number of hydrogen-bond donors (Lipinski definition) is 1. The summed E-state index contributed by atoms with van der Waals surface area (Å²) in [5.41, 5.74) is 3.56. The zero-order valence-corrected chi connectivity index (χ0v) is 18.9. The fraction of sp³-hybridized carbons (Fsp3) is 0.240. The predicted molar refractivity (Wildman–Crippen MR) is 120 cm³/mol. The lowest BCUT2D eigenvalue weighted by Gasteiger charge is -2.11. The summed E-state index contributed by atoms with van der Waals surface area (Å²) >= 11 is 0. The van der Waals surface area contributed by atoms with Gasteiger partial charge in [-0.15, -0.1) is 0 Å². The van der Waals surface area contributed by atoms with E-state index in [1.807, 2.05) is 6.92 Å². The third-order valence-electron chi connectivity index (χ3n) is 5.12. The van der Waals surface area contributed by atoms with E-state index >= 15 is 0 Å². The molecule has 0 aliphatic carbocycles. The number of nitrogens with one attached hydrogen (secondary N) is 1. The third-order valence-corrected chi connectivity index (χ3v) is 5.12. The standard InChI is InChI=1S/C25H24F2N2O5/c1-15-12-22(16(2)29(15)20-8-10-21(11-9-20)34-25(26)27)23(31)14-33-24(32)19-6-4-18(5-7-19)13-28-17(3)30/h4-12,25H,13-14H2,1-3H3,(H,28,30). The van der Waals surface area contributed by atoms with Crippen LogP contribution < -0.4 is 10.1 Å². The SMILES string of the molecule is CC(=O)NCc1ccc(C(=O)OCC(=O)c2cc(C)n(-c3ccc(OC(F)F)cc3)c2C)cc1. The molecule has 0 fully saturated rings. The van der Waals surface area contributed by atoms with Crippen LogP contribution in [0.4, 0.5) is 8.78 Å². The molecular weight excluding hydrogens is 446 g/mol. The van der Waals surface area contributed by atoms with Gasteiger partial charge in [-0.1, -0.05) is 12.1 Å². The smallest absolute Gasteiger partial charge is 0.387 e. The number of carbonyl (C=O) groups is 3. The monoisotopic (exact) mass is 470 g/mol. The van der Waals surface area contributed by atoms with Crippen molar-refractivity contribution in [2.45, 2.75) is 33.9 Å². The second-order valence-corrected chi connectivity index (χ2v) is 7.60. The highest BCUT2D eigenvalue weighted by Crippen LogP contribution is 2.24. The van der Waals surface area contributed by atoms with Gasteiger partial charge in [0.25, 0.3) is 0 Å². The van der Waals surface area contributed by atoms with E-state index in [4.69, 9.17) is 4.74 Å². The Kier molecular flexibility index (Phi) is 7.78. The lowest BCUT2D eigenvalue weighted by Crippen LogP contribution is -2.19. The van der Waals surface area contributed by atoms with Crippen LogP contribution in [0.3, 0.4) is 0 Å². The molecule has 1 amide bonds. The van der Waals surface area contributed by atoms with E-state index < -0.39 is 19.2 Å². The molecule has 34 heavy (non-hydrogen) atoms. The minimum Gasteiger partial charge on any atom is -0.454 e. The summed E-state index contributed by atoms with van der Waals surface area (Å²) in [6, 6.07) is 14.3. The van der Waals surface area contributed by atoms with Crippen molar-refractivity contribution >= 4 is 17.7 Å². The van der Waals surface area contributed by atoms with E-state index in [-0.39, 0.29) is 23.0 Å². The second kappa shape index (κ2) is 10.7. The van der Waals surface area contributed by atoms with Crippen LogP contribution in [0.15, 0.2) is 54.6 Å². The highest BCUT2D eigenvalue weighted by molar-refractivity contribution is 6.00. The summed E-state index contributed by atoms with van der Waals surface area (Å²) in [5, 5.41) is 2.66. The molecule has 1 heterocycles. The largest absolute Gasteiger partial charge is 0.454 e. The Morgan fingerprint density at radius 2 is 1.65 bits per heavy atom. The van der Waals surface area contributed by atoms with Crippen LogP contribution in [0, 0.1) is 13.8 Å². The summed E-state index contributed by atoms with van der Waals surface area (Å²) in [6.07, 6.45) is 0. The number of esters is 1. The van der Waals surface area contributed by atoms with Crippen molar-refractivity contribution in [2.75, 3.05) is 6.61 Å². The van der Waals surface area contributed by atoms with Gasteiger partial charge in [-0.3, -0.25) is 9.59 Å². The van der Waals surface area contributed by atoms with Crippen molar-refractivity contribution in [2.24, 2.45) is 0 Å². The molecular formula is C25H24F2N2O5. The number of amides is 1. The maximum Gasteiger partial charge on any atom is 0.387 e. The molecule has 9 heteroatoms. The third kappa shape index (κ3) is 6.06. The molecule has 0 spiro atoms. The lowest BCUT2D eigenvalue weighted by molar-refractivity contribution is -0.119. The average molecular weight is 470 g/mol. The van der Waals surface area contributed by atoms with Crippen molar-refractivity contribution in [1.82, 2.24) is 9.88 Å². The van der Waals surface area contributed by atoms with Gasteiger partial charge in [-0.25, -0.2) is 4.79 Å². The topological polar surface area (TPSA) is 86.6 Å². The van der Waals surface area contributed by atoms with Gasteiger partial charge < -0.3 is 19.4 Å². The van der Waals surface area contributed by atoms with Crippen LogP contribution in [0.2, 0.25) is 0 Å². The molecule has 0 bridgehead atoms. The summed E-state index contributed by atoms with van der Waals surface area (Å²) in [4.78, 5) is 36.1. The molecule has 7 nitrogen and oxygen atoms in total. The number of ketones is 1. The number of nitrogens with zero attached hydrogens (tertiary/aromatic N) is 1. The first-order chi connectivity index (χ1) is 16.2. The molecule has 0 saturated heterocycles. The van der Waals surface area contributed by atoms with Gasteiger partial charge in [-0.05, 0) is 61.9 Å². The van der Waals surface area contributed by atoms with E-state index in [0.29, 0.717) is 23.5 Å².